The molecule has 2 aromatic carbocycles. The molecule has 0 aliphatic carbocycles. The molecule has 0 unspecified atom stereocenters. The minimum Gasteiger partial charge on any atom is -0.354 e. The van der Waals surface area contributed by atoms with Crippen LogP contribution in [0.25, 0.3) is 0 Å². The van der Waals surface area contributed by atoms with E-state index in [9.17, 15) is 9.18 Å². The lowest BCUT2D eigenvalue weighted by molar-refractivity contribution is 0.0946. The van der Waals surface area contributed by atoms with Crippen LogP contribution < -0.4 is 10.6 Å². The maximum atomic E-state index is 12.9. The average molecular weight is 370 g/mol. The van der Waals surface area contributed by atoms with Crippen molar-refractivity contribution in [1.29, 1.82) is 0 Å². The Bertz CT molecular complexity index is 911. The number of hydrogen-bond donors (Lipinski definition) is 2. The van der Waals surface area contributed by atoms with Crippen LogP contribution in [0.2, 0.25) is 5.02 Å². The molecule has 1 aromatic heterocycles. The van der Waals surface area contributed by atoms with E-state index in [0.717, 1.165) is 22.5 Å². The summed E-state index contributed by atoms with van der Waals surface area (Å²) in [6.45, 7) is 2.23. The zero-order valence-electron chi connectivity index (χ0n) is 14.1. The molecule has 2 N–H and O–H groups in total. The van der Waals surface area contributed by atoms with Crippen LogP contribution in [0.5, 0.6) is 0 Å². The first-order valence-corrected chi connectivity index (χ1v) is 8.41. The summed E-state index contributed by atoms with van der Waals surface area (Å²) in [5.41, 5.74) is 3.70. The number of nitrogens with zero attached hydrogens (tertiary/aromatic N) is 1. The molecule has 3 rings (SSSR count). The van der Waals surface area contributed by atoms with Gasteiger partial charge >= 0.3 is 0 Å². The van der Waals surface area contributed by atoms with Gasteiger partial charge < -0.3 is 10.6 Å². The number of amides is 1. The highest BCUT2D eigenvalue weighted by Crippen LogP contribution is 2.25. The van der Waals surface area contributed by atoms with E-state index in [1.165, 1.54) is 12.1 Å². The summed E-state index contributed by atoms with van der Waals surface area (Å²) in [6, 6.07) is 15.0. The number of halogens is 2. The second kappa shape index (κ2) is 7.97. The van der Waals surface area contributed by atoms with E-state index in [1.54, 1.807) is 30.5 Å². The molecule has 1 amide bonds. The van der Waals surface area contributed by atoms with Crippen LogP contribution in [0.15, 0.2) is 60.8 Å². The summed E-state index contributed by atoms with van der Waals surface area (Å²) in [4.78, 5) is 16.4. The van der Waals surface area contributed by atoms with E-state index in [1.807, 2.05) is 25.1 Å². The molecular weight excluding hydrogens is 353 g/mol. The second-order valence-electron chi connectivity index (χ2n) is 5.78. The van der Waals surface area contributed by atoms with Crippen LogP contribution in [-0.4, -0.2) is 10.9 Å². The van der Waals surface area contributed by atoms with Crippen molar-refractivity contribution in [1.82, 2.24) is 10.3 Å². The topological polar surface area (TPSA) is 54.0 Å². The van der Waals surface area contributed by atoms with Crippen molar-refractivity contribution in [2.75, 3.05) is 5.32 Å². The molecule has 0 spiro atoms. The van der Waals surface area contributed by atoms with Crippen LogP contribution in [0.1, 0.15) is 21.6 Å². The van der Waals surface area contributed by atoms with Gasteiger partial charge in [-0.1, -0.05) is 29.8 Å². The zero-order valence-corrected chi connectivity index (χ0v) is 14.8. The Labute approximate surface area is 156 Å². The van der Waals surface area contributed by atoms with Gasteiger partial charge in [0.25, 0.3) is 5.91 Å². The minimum absolute atomic E-state index is 0.292. The Morgan fingerprint density at radius 1 is 1.12 bits per heavy atom. The Morgan fingerprint density at radius 2 is 1.88 bits per heavy atom. The quantitative estimate of drug-likeness (QED) is 0.675. The maximum absolute atomic E-state index is 12.9. The van der Waals surface area contributed by atoms with Gasteiger partial charge in [0, 0.05) is 17.3 Å². The van der Waals surface area contributed by atoms with Crippen molar-refractivity contribution in [3.05, 3.63) is 88.5 Å². The molecule has 26 heavy (non-hydrogen) atoms. The fraction of sp³-hybridized carbons (Fsp3) is 0.100. The molecule has 4 nitrogen and oxygen atoms in total. The molecule has 0 bridgehead atoms. The van der Waals surface area contributed by atoms with Crippen LogP contribution in [0.4, 0.5) is 15.8 Å². The van der Waals surface area contributed by atoms with Gasteiger partial charge in [-0.15, -0.1) is 0 Å². The predicted molar refractivity (Wildman–Crippen MR) is 101 cm³/mol. The minimum atomic E-state index is -0.306. The Hall–Kier alpha value is -2.92. The van der Waals surface area contributed by atoms with Crippen molar-refractivity contribution < 1.29 is 9.18 Å². The number of carbonyl (C=O) groups is 1. The SMILES string of the molecule is Cc1c(Cl)cccc1Nc1ccc(C(=O)NCc2ccc(F)cc2)nc1. The fourth-order valence-electron chi connectivity index (χ4n) is 2.38. The number of nitrogens with one attached hydrogen (secondary N) is 2. The Balaban J connectivity index is 1.62. The van der Waals surface area contributed by atoms with Crippen LogP contribution >= 0.6 is 11.6 Å². The zero-order chi connectivity index (χ0) is 18.5. The summed E-state index contributed by atoms with van der Waals surface area (Å²) < 4.78 is 12.9. The number of anilines is 2. The van der Waals surface area contributed by atoms with Crippen LogP contribution in [-0.2, 0) is 6.54 Å². The molecule has 0 aliphatic rings. The van der Waals surface area contributed by atoms with Crippen molar-refractivity contribution in [2.45, 2.75) is 13.5 Å². The number of benzene rings is 2. The predicted octanol–water partition coefficient (Wildman–Crippen LogP) is 4.86. The maximum Gasteiger partial charge on any atom is 0.270 e. The molecule has 0 saturated heterocycles. The van der Waals surface area contributed by atoms with E-state index >= 15 is 0 Å². The van der Waals surface area contributed by atoms with Gasteiger partial charge in [-0.3, -0.25) is 4.79 Å². The normalized spacial score (nSPS) is 10.4. The highest BCUT2D eigenvalue weighted by molar-refractivity contribution is 6.31. The van der Waals surface area contributed by atoms with Gasteiger partial charge in [0.1, 0.15) is 11.5 Å². The van der Waals surface area contributed by atoms with E-state index in [2.05, 4.69) is 15.6 Å². The first kappa shape index (κ1) is 17.9. The summed E-state index contributed by atoms with van der Waals surface area (Å²) in [5, 5.41) is 6.67. The van der Waals surface area contributed by atoms with Gasteiger partial charge in [0.2, 0.25) is 0 Å². The Morgan fingerprint density at radius 3 is 2.58 bits per heavy atom. The third-order valence-corrected chi connectivity index (χ3v) is 4.32. The highest BCUT2D eigenvalue weighted by Gasteiger charge is 2.08. The summed E-state index contributed by atoms with van der Waals surface area (Å²) >= 11 is 6.11. The number of rotatable bonds is 5. The lowest BCUT2D eigenvalue weighted by Gasteiger charge is -2.11. The van der Waals surface area contributed by atoms with Gasteiger partial charge in [0.15, 0.2) is 0 Å². The first-order chi connectivity index (χ1) is 12.5. The second-order valence-corrected chi connectivity index (χ2v) is 6.19. The lowest BCUT2D eigenvalue weighted by Crippen LogP contribution is -2.23. The molecule has 0 saturated carbocycles. The molecule has 0 aliphatic heterocycles. The molecule has 3 aromatic rings. The molecule has 6 heteroatoms. The van der Waals surface area contributed by atoms with Crippen molar-refractivity contribution >= 4 is 28.9 Å². The van der Waals surface area contributed by atoms with Gasteiger partial charge in [-0.25, -0.2) is 9.37 Å². The van der Waals surface area contributed by atoms with Crippen LogP contribution in [0, 0.1) is 12.7 Å². The number of hydrogen-bond acceptors (Lipinski definition) is 3. The van der Waals surface area contributed by atoms with Gasteiger partial charge in [-0.05, 0) is 54.4 Å². The van der Waals surface area contributed by atoms with Crippen molar-refractivity contribution in [3.8, 4) is 0 Å². The molecular formula is C20H17ClFN3O. The number of pyridine rings is 1. The number of carbonyl (C=O) groups excluding carboxylic acids is 1. The van der Waals surface area contributed by atoms with Gasteiger partial charge in [0.05, 0.1) is 11.9 Å². The van der Waals surface area contributed by atoms with Crippen molar-refractivity contribution in [3.63, 3.8) is 0 Å². The largest absolute Gasteiger partial charge is 0.354 e. The molecule has 0 radical (unpaired) electrons. The summed E-state index contributed by atoms with van der Waals surface area (Å²) in [5.74, 6) is -0.598. The van der Waals surface area contributed by atoms with E-state index in [-0.39, 0.29) is 11.7 Å². The van der Waals surface area contributed by atoms with E-state index in [4.69, 9.17) is 11.6 Å². The third-order valence-electron chi connectivity index (χ3n) is 3.91. The van der Waals surface area contributed by atoms with Crippen LogP contribution in [0.3, 0.4) is 0 Å². The first-order valence-electron chi connectivity index (χ1n) is 8.04. The van der Waals surface area contributed by atoms with E-state index in [0.29, 0.717) is 17.3 Å². The summed E-state index contributed by atoms with van der Waals surface area (Å²) in [6.07, 6.45) is 1.59. The smallest absolute Gasteiger partial charge is 0.270 e. The number of aromatic nitrogens is 1. The standard InChI is InChI=1S/C20H17ClFN3O/c1-13-17(21)3-2-4-18(13)25-16-9-10-19(23-12-16)20(26)24-11-14-5-7-15(22)8-6-14/h2-10,12,25H,11H2,1H3,(H,24,26). The van der Waals surface area contributed by atoms with Crippen molar-refractivity contribution in [2.24, 2.45) is 0 Å². The molecule has 0 fully saturated rings. The highest BCUT2D eigenvalue weighted by atomic mass is 35.5. The molecule has 0 atom stereocenters. The Kier molecular flexibility index (Phi) is 5.49. The lowest BCUT2D eigenvalue weighted by atomic mass is 10.2. The third kappa shape index (κ3) is 4.37. The molecule has 132 valence electrons. The molecule has 1 heterocycles. The fourth-order valence-corrected chi connectivity index (χ4v) is 2.55. The van der Waals surface area contributed by atoms with E-state index < -0.39 is 0 Å². The average Bonchev–Trinajstić information content (AvgIpc) is 2.65. The van der Waals surface area contributed by atoms with Gasteiger partial charge in [-0.2, -0.15) is 0 Å². The summed E-state index contributed by atoms with van der Waals surface area (Å²) in [7, 11) is 0. The monoisotopic (exact) mass is 369 g/mol.